The summed E-state index contributed by atoms with van der Waals surface area (Å²) in [7, 11) is 5.33. The average Bonchev–Trinajstić information content (AvgIpc) is 2.92. The zero-order valence-corrected chi connectivity index (χ0v) is 15.5. The lowest BCUT2D eigenvalue weighted by atomic mass is 10.2. The molecule has 4 rings (SSSR count). The van der Waals surface area contributed by atoms with Gasteiger partial charge in [0.15, 0.2) is 0 Å². The molecule has 2 aromatic carbocycles. The molecule has 0 unspecified atom stereocenters. The molecule has 0 bridgehead atoms. The first-order valence-corrected chi connectivity index (χ1v) is 8.88. The predicted octanol–water partition coefficient (Wildman–Crippen LogP) is 2.21. The number of anilines is 2. The maximum Gasteiger partial charge on any atom is 0.328 e. The molecule has 6 nitrogen and oxygen atoms in total. The summed E-state index contributed by atoms with van der Waals surface area (Å²) in [4.78, 5) is 16.9. The molecule has 1 saturated heterocycles. The van der Waals surface area contributed by atoms with Crippen LogP contribution < -0.4 is 20.2 Å². The zero-order valence-electron chi connectivity index (χ0n) is 15.5. The molecule has 0 N–H and O–H groups in total. The van der Waals surface area contributed by atoms with E-state index in [2.05, 4.69) is 34.1 Å². The number of hydrogen-bond acceptors (Lipinski definition) is 4. The summed E-state index contributed by atoms with van der Waals surface area (Å²) in [5.41, 5.74) is 4.37. The Balaban J connectivity index is 1.51. The lowest BCUT2D eigenvalue weighted by molar-refractivity contribution is 0.415. The number of methoxy groups -OCH3 is 1. The molecule has 1 fully saturated rings. The number of benzene rings is 2. The van der Waals surface area contributed by atoms with E-state index < -0.39 is 0 Å². The van der Waals surface area contributed by atoms with Crippen LogP contribution >= 0.6 is 0 Å². The highest BCUT2D eigenvalue weighted by molar-refractivity contribution is 5.80. The summed E-state index contributed by atoms with van der Waals surface area (Å²) in [6.45, 7) is 3.85. The Hall–Kier alpha value is -2.89. The molecule has 136 valence electrons. The van der Waals surface area contributed by atoms with Crippen molar-refractivity contribution in [2.75, 3.05) is 43.1 Å². The van der Waals surface area contributed by atoms with E-state index >= 15 is 0 Å². The van der Waals surface area contributed by atoms with Crippen molar-refractivity contribution >= 4 is 22.4 Å². The summed E-state index contributed by atoms with van der Waals surface area (Å²) in [5.74, 6) is 0.883. The van der Waals surface area contributed by atoms with Crippen LogP contribution in [0.2, 0.25) is 0 Å². The summed E-state index contributed by atoms with van der Waals surface area (Å²) < 4.78 is 8.64. The van der Waals surface area contributed by atoms with E-state index in [0.717, 1.165) is 43.0 Å². The van der Waals surface area contributed by atoms with Crippen molar-refractivity contribution in [3.05, 3.63) is 52.9 Å². The van der Waals surface area contributed by atoms with Gasteiger partial charge in [-0.3, -0.25) is 9.13 Å². The van der Waals surface area contributed by atoms with Crippen molar-refractivity contribution in [2.24, 2.45) is 14.1 Å². The van der Waals surface area contributed by atoms with E-state index in [1.807, 2.05) is 32.3 Å². The molecule has 1 aliphatic heterocycles. The minimum absolute atomic E-state index is 0.0153. The first-order valence-electron chi connectivity index (χ1n) is 8.88. The molecule has 0 spiro atoms. The highest BCUT2D eigenvalue weighted by Crippen LogP contribution is 2.25. The van der Waals surface area contributed by atoms with Crippen LogP contribution in [0.3, 0.4) is 0 Å². The van der Waals surface area contributed by atoms with Crippen molar-refractivity contribution in [1.29, 1.82) is 0 Å². The van der Waals surface area contributed by atoms with Crippen molar-refractivity contribution in [1.82, 2.24) is 9.13 Å². The van der Waals surface area contributed by atoms with Crippen LogP contribution in [0.4, 0.5) is 11.4 Å². The van der Waals surface area contributed by atoms with Gasteiger partial charge >= 0.3 is 5.69 Å². The average molecular weight is 352 g/mol. The monoisotopic (exact) mass is 352 g/mol. The molecule has 1 aromatic heterocycles. The zero-order chi connectivity index (χ0) is 18.3. The molecule has 0 saturated carbocycles. The smallest absolute Gasteiger partial charge is 0.328 e. The molecule has 3 aromatic rings. The second kappa shape index (κ2) is 6.44. The number of aromatic nitrogens is 2. The summed E-state index contributed by atoms with van der Waals surface area (Å²) in [6.07, 6.45) is 0. The Kier molecular flexibility index (Phi) is 4.11. The molecule has 0 amide bonds. The second-order valence-electron chi connectivity index (χ2n) is 6.75. The molecule has 0 atom stereocenters. The van der Waals surface area contributed by atoms with Crippen molar-refractivity contribution in [3.8, 4) is 5.75 Å². The third-order valence-corrected chi connectivity index (χ3v) is 5.34. The van der Waals surface area contributed by atoms with Crippen LogP contribution in [0.5, 0.6) is 5.75 Å². The predicted molar refractivity (Wildman–Crippen MR) is 106 cm³/mol. The van der Waals surface area contributed by atoms with Crippen LogP contribution in [-0.4, -0.2) is 42.4 Å². The van der Waals surface area contributed by atoms with Crippen molar-refractivity contribution < 1.29 is 4.74 Å². The fraction of sp³-hybridized carbons (Fsp3) is 0.350. The van der Waals surface area contributed by atoms with Gasteiger partial charge in [-0.25, -0.2) is 4.79 Å². The number of piperazine rings is 1. The molecular formula is C20H24N4O2. The quantitative estimate of drug-likeness (QED) is 0.725. The van der Waals surface area contributed by atoms with Crippen LogP contribution in [0.15, 0.2) is 47.3 Å². The van der Waals surface area contributed by atoms with E-state index in [1.54, 1.807) is 16.2 Å². The third-order valence-electron chi connectivity index (χ3n) is 5.34. The molecular weight excluding hydrogens is 328 g/mol. The number of fused-ring (bicyclic) bond motifs is 1. The van der Waals surface area contributed by atoms with Crippen LogP contribution in [0.1, 0.15) is 0 Å². The third kappa shape index (κ3) is 2.71. The lowest BCUT2D eigenvalue weighted by Crippen LogP contribution is -2.46. The van der Waals surface area contributed by atoms with E-state index in [-0.39, 0.29) is 5.69 Å². The van der Waals surface area contributed by atoms with E-state index in [4.69, 9.17) is 4.74 Å². The minimum Gasteiger partial charge on any atom is -0.497 e. The van der Waals surface area contributed by atoms with Gasteiger partial charge in [-0.15, -0.1) is 0 Å². The Morgan fingerprint density at radius 3 is 1.92 bits per heavy atom. The van der Waals surface area contributed by atoms with Gasteiger partial charge in [0, 0.05) is 51.6 Å². The molecule has 26 heavy (non-hydrogen) atoms. The van der Waals surface area contributed by atoms with Gasteiger partial charge in [0.1, 0.15) is 5.75 Å². The van der Waals surface area contributed by atoms with Gasteiger partial charge in [0.05, 0.1) is 18.1 Å². The normalized spacial score (nSPS) is 14.9. The van der Waals surface area contributed by atoms with Crippen molar-refractivity contribution in [3.63, 3.8) is 0 Å². The van der Waals surface area contributed by atoms with Crippen LogP contribution in [-0.2, 0) is 14.1 Å². The Bertz CT molecular complexity index is 979. The molecule has 0 radical (unpaired) electrons. The first-order chi connectivity index (χ1) is 12.6. The van der Waals surface area contributed by atoms with E-state index in [9.17, 15) is 4.79 Å². The number of rotatable bonds is 3. The van der Waals surface area contributed by atoms with E-state index in [1.165, 1.54) is 11.4 Å². The largest absolute Gasteiger partial charge is 0.497 e. The highest BCUT2D eigenvalue weighted by Gasteiger charge is 2.19. The summed E-state index contributed by atoms with van der Waals surface area (Å²) >= 11 is 0. The first kappa shape index (κ1) is 16.6. The number of aryl methyl sites for hydroxylation is 2. The lowest BCUT2D eigenvalue weighted by Gasteiger charge is -2.37. The van der Waals surface area contributed by atoms with Gasteiger partial charge in [0.25, 0.3) is 0 Å². The number of hydrogen-bond donors (Lipinski definition) is 0. The standard InChI is InChI=1S/C20H24N4O2/c1-21-18-9-6-16(14-19(18)22(2)20(21)25)24-12-10-23(11-13-24)15-4-7-17(26-3)8-5-15/h4-9,14H,10-13H2,1-3H3. The van der Waals surface area contributed by atoms with Gasteiger partial charge < -0.3 is 14.5 Å². The van der Waals surface area contributed by atoms with Gasteiger partial charge in [-0.05, 0) is 42.5 Å². The van der Waals surface area contributed by atoms with Crippen molar-refractivity contribution in [2.45, 2.75) is 0 Å². The van der Waals surface area contributed by atoms with Gasteiger partial charge in [0.2, 0.25) is 0 Å². The summed E-state index contributed by atoms with van der Waals surface area (Å²) in [6, 6.07) is 14.5. The maximum atomic E-state index is 12.1. The highest BCUT2D eigenvalue weighted by atomic mass is 16.5. The Morgan fingerprint density at radius 2 is 1.31 bits per heavy atom. The van der Waals surface area contributed by atoms with Gasteiger partial charge in [-0.1, -0.05) is 0 Å². The maximum absolute atomic E-state index is 12.1. The van der Waals surface area contributed by atoms with Crippen LogP contribution in [0.25, 0.3) is 11.0 Å². The van der Waals surface area contributed by atoms with Gasteiger partial charge in [-0.2, -0.15) is 0 Å². The fourth-order valence-electron chi connectivity index (χ4n) is 3.71. The fourth-order valence-corrected chi connectivity index (χ4v) is 3.71. The second-order valence-corrected chi connectivity index (χ2v) is 6.75. The van der Waals surface area contributed by atoms with E-state index in [0.29, 0.717) is 0 Å². The molecule has 0 aliphatic carbocycles. The topological polar surface area (TPSA) is 42.6 Å². The molecule has 6 heteroatoms. The SMILES string of the molecule is COc1ccc(N2CCN(c3ccc4c(c3)n(C)c(=O)n4C)CC2)cc1. The number of nitrogens with zero attached hydrogens (tertiary/aromatic N) is 4. The number of ether oxygens (including phenoxy) is 1. The molecule has 1 aliphatic rings. The Labute approximate surface area is 152 Å². The molecule has 2 heterocycles. The number of imidazole rings is 1. The Morgan fingerprint density at radius 1 is 0.769 bits per heavy atom. The minimum atomic E-state index is 0.0153. The van der Waals surface area contributed by atoms with Crippen LogP contribution in [0, 0.1) is 0 Å². The summed E-state index contributed by atoms with van der Waals surface area (Å²) in [5, 5.41) is 0.